The Hall–Kier alpha value is -2.99. The first-order chi connectivity index (χ1) is 13.0. The number of hydrogen-bond donors (Lipinski definition) is 0. The molecule has 1 aliphatic rings. The molecule has 0 atom stereocenters. The van der Waals surface area contributed by atoms with E-state index in [1.807, 2.05) is 36.4 Å². The number of fused-ring (bicyclic) bond motifs is 1. The maximum atomic E-state index is 11.7. The predicted molar refractivity (Wildman–Crippen MR) is 103 cm³/mol. The van der Waals surface area contributed by atoms with Crippen molar-refractivity contribution in [2.45, 2.75) is 4.90 Å². The van der Waals surface area contributed by atoms with Gasteiger partial charge in [0.1, 0.15) is 5.75 Å². The van der Waals surface area contributed by atoms with Gasteiger partial charge in [0.15, 0.2) is 21.3 Å². The summed E-state index contributed by atoms with van der Waals surface area (Å²) in [7, 11) is -1.62. The van der Waals surface area contributed by atoms with Gasteiger partial charge in [0.2, 0.25) is 6.79 Å². The molecule has 0 amide bonds. The van der Waals surface area contributed by atoms with Gasteiger partial charge in [-0.05, 0) is 58.7 Å². The molecule has 0 aliphatic carbocycles. The maximum Gasteiger partial charge on any atom is 0.231 e. The summed E-state index contributed by atoms with van der Waals surface area (Å²) < 4.78 is 39.9. The molecule has 0 aromatic heterocycles. The van der Waals surface area contributed by atoms with Gasteiger partial charge in [-0.2, -0.15) is 0 Å². The first kappa shape index (κ1) is 17.4. The van der Waals surface area contributed by atoms with Crippen molar-refractivity contribution in [1.82, 2.24) is 0 Å². The molecule has 5 nitrogen and oxygen atoms in total. The van der Waals surface area contributed by atoms with Gasteiger partial charge in [0.05, 0.1) is 12.0 Å². The van der Waals surface area contributed by atoms with E-state index in [0.717, 1.165) is 28.0 Å². The summed E-state index contributed by atoms with van der Waals surface area (Å²) in [5, 5.41) is 0. The van der Waals surface area contributed by atoms with Crippen LogP contribution in [0.2, 0.25) is 0 Å². The van der Waals surface area contributed by atoms with Gasteiger partial charge in [-0.15, -0.1) is 0 Å². The topological polar surface area (TPSA) is 61.8 Å². The average molecular weight is 382 g/mol. The highest BCUT2D eigenvalue weighted by Gasteiger charge is 2.19. The van der Waals surface area contributed by atoms with Crippen LogP contribution in [-0.2, 0) is 9.84 Å². The fourth-order valence-electron chi connectivity index (χ4n) is 3.09. The third kappa shape index (κ3) is 3.36. The van der Waals surface area contributed by atoms with E-state index in [0.29, 0.717) is 11.5 Å². The second kappa shape index (κ2) is 6.63. The average Bonchev–Trinajstić information content (AvgIpc) is 3.14. The number of ether oxygens (including phenoxy) is 3. The molecule has 6 heteroatoms. The Kier molecular flexibility index (Phi) is 4.28. The van der Waals surface area contributed by atoms with Crippen LogP contribution in [0, 0.1) is 0 Å². The van der Waals surface area contributed by atoms with E-state index in [-0.39, 0.29) is 11.7 Å². The van der Waals surface area contributed by atoms with Gasteiger partial charge in [-0.3, -0.25) is 0 Å². The predicted octanol–water partition coefficient (Wildman–Crippen LogP) is 4.16. The van der Waals surface area contributed by atoms with E-state index in [1.165, 1.54) is 6.26 Å². The minimum absolute atomic E-state index is 0.184. The first-order valence-corrected chi connectivity index (χ1v) is 10.2. The molecule has 27 heavy (non-hydrogen) atoms. The van der Waals surface area contributed by atoms with Crippen LogP contribution in [0.4, 0.5) is 0 Å². The number of benzene rings is 3. The molecule has 4 rings (SSSR count). The third-order valence-electron chi connectivity index (χ3n) is 4.49. The molecule has 3 aromatic carbocycles. The molecule has 0 bridgehead atoms. The molecule has 0 N–H and O–H groups in total. The second-order valence-electron chi connectivity index (χ2n) is 6.28. The lowest BCUT2D eigenvalue weighted by Crippen LogP contribution is -1.96. The summed E-state index contributed by atoms with van der Waals surface area (Å²) >= 11 is 0. The zero-order valence-corrected chi connectivity index (χ0v) is 15.7. The van der Waals surface area contributed by atoms with Crippen LogP contribution in [-0.4, -0.2) is 28.6 Å². The number of methoxy groups -OCH3 is 1. The van der Waals surface area contributed by atoms with Crippen LogP contribution < -0.4 is 14.2 Å². The maximum absolute atomic E-state index is 11.7. The van der Waals surface area contributed by atoms with Crippen molar-refractivity contribution in [2.75, 3.05) is 20.2 Å². The lowest BCUT2D eigenvalue weighted by Gasteiger charge is -2.13. The zero-order chi connectivity index (χ0) is 19.0. The minimum Gasteiger partial charge on any atom is -0.497 e. The fraction of sp³-hybridized carbons (Fsp3) is 0.143. The Bertz CT molecular complexity index is 1100. The van der Waals surface area contributed by atoms with Crippen molar-refractivity contribution in [2.24, 2.45) is 0 Å². The highest BCUT2D eigenvalue weighted by atomic mass is 32.2. The van der Waals surface area contributed by atoms with E-state index in [1.54, 1.807) is 31.4 Å². The second-order valence-corrected chi connectivity index (χ2v) is 8.30. The van der Waals surface area contributed by atoms with E-state index in [2.05, 4.69) is 0 Å². The van der Waals surface area contributed by atoms with Crippen LogP contribution in [0.25, 0.3) is 22.3 Å². The summed E-state index contributed by atoms with van der Waals surface area (Å²) in [5.41, 5.74) is 3.73. The van der Waals surface area contributed by atoms with E-state index < -0.39 is 9.84 Å². The Morgan fingerprint density at radius 1 is 0.852 bits per heavy atom. The molecule has 138 valence electrons. The lowest BCUT2D eigenvalue weighted by atomic mass is 9.94. The highest BCUT2D eigenvalue weighted by Crippen LogP contribution is 2.43. The largest absolute Gasteiger partial charge is 0.497 e. The lowest BCUT2D eigenvalue weighted by molar-refractivity contribution is 0.174. The molecule has 0 fully saturated rings. The normalized spacial score (nSPS) is 12.8. The number of sulfone groups is 1. The van der Waals surface area contributed by atoms with Crippen molar-refractivity contribution >= 4 is 9.84 Å². The van der Waals surface area contributed by atoms with Crippen molar-refractivity contribution in [3.63, 3.8) is 0 Å². The van der Waals surface area contributed by atoms with Crippen LogP contribution in [0.5, 0.6) is 17.2 Å². The van der Waals surface area contributed by atoms with Crippen molar-refractivity contribution in [3.8, 4) is 39.5 Å². The summed E-state index contributed by atoms with van der Waals surface area (Å²) in [4.78, 5) is 0.287. The number of rotatable bonds is 4. The van der Waals surface area contributed by atoms with Gasteiger partial charge in [0, 0.05) is 6.26 Å². The first-order valence-electron chi connectivity index (χ1n) is 8.34. The van der Waals surface area contributed by atoms with Gasteiger partial charge < -0.3 is 14.2 Å². The third-order valence-corrected chi connectivity index (χ3v) is 5.62. The van der Waals surface area contributed by atoms with E-state index in [9.17, 15) is 8.42 Å². The van der Waals surface area contributed by atoms with Crippen LogP contribution in [0.3, 0.4) is 0 Å². The van der Waals surface area contributed by atoms with E-state index in [4.69, 9.17) is 14.2 Å². The summed E-state index contributed by atoms with van der Waals surface area (Å²) in [6.45, 7) is 0.184. The Morgan fingerprint density at radius 2 is 1.48 bits per heavy atom. The molecule has 3 aromatic rings. The molecule has 0 saturated heterocycles. The van der Waals surface area contributed by atoms with Crippen molar-refractivity contribution < 1.29 is 22.6 Å². The smallest absolute Gasteiger partial charge is 0.231 e. The van der Waals surface area contributed by atoms with Gasteiger partial charge in [-0.1, -0.05) is 24.3 Å². The van der Waals surface area contributed by atoms with Gasteiger partial charge in [0.25, 0.3) is 0 Å². The summed E-state index contributed by atoms with van der Waals surface area (Å²) in [5.74, 6) is 2.11. The highest BCUT2D eigenvalue weighted by molar-refractivity contribution is 7.90. The summed E-state index contributed by atoms with van der Waals surface area (Å²) in [6, 6.07) is 18.5. The van der Waals surface area contributed by atoms with Crippen LogP contribution in [0.1, 0.15) is 0 Å². The number of hydrogen-bond acceptors (Lipinski definition) is 5. The Balaban J connectivity index is 1.89. The molecule has 0 saturated carbocycles. The molecule has 1 aliphatic heterocycles. The van der Waals surface area contributed by atoms with Crippen LogP contribution in [0.15, 0.2) is 65.6 Å². The molecule has 0 unspecified atom stereocenters. The summed E-state index contributed by atoms with van der Waals surface area (Å²) in [6.07, 6.45) is 1.20. The van der Waals surface area contributed by atoms with Crippen LogP contribution >= 0.6 is 0 Å². The monoisotopic (exact) mass is 382 g/mol. The van der Waals surface area contributed by atoms with Crippen molar-refractivity contribution in [3.05, 3.63) is 60.7 Å². The molecule has 0 radical (unpaired) electrons. The molecule has 0 spiro atoms. The molecular formula is C21H18O5S. The van der Waals surface area contributed by atoms with Gasteiger partial charge >= 0.3 is 0 Å². The van der Waals surface area contributed by atoms with Gasteiger partial charge in [-0.25, -0.2) is 8.42 Å². The standard InChI is InChI=1S/C21H18O5S/c1-24-16-5-3-4-15(10-16)19-12-21-20(25-13-26-21)11-18(19)14-6-8-17(9-7-14)27(2,22)23/h3-12H,13H2,1-2H3. The quantitative estimate of drug-likeness (QED) is 0.678. The Labute approximate surface area is 158 Å². The SMILES string of the molecule is COc1cccc(-c2cc3c(cc2-c2ccc(S(C)(=O)=O)cc2)OCO3)c1. The molecule has 1 heterocycles. The Morgan fingerprint density at radius 3 is 2.07 bits per heavy atom. The molecular weight excluding hydrogens is 364 g/mol. The zero-order valence-electron chi connectivity index (χ0n) is 14.9. The van der Waals surface area contributed by atoms with E-state index >= 15 is 0 Å². The fourth-order valence-corrected chi connectivity index (χ4v) is 3.72. The van der Waals surface area contributed by atoms with Crippen molar-refractivity contribution in [1.29, 1.82) is 0 Å². The minimum atomic E-state index is -3.24.